The van der Waals surface area contributed by atoms with E-state index in [0.29, 0.717) is 23.3 Å². The number of benzene rings is 8. The Kier molecular flexibility index (Phi) is 10.5. The highest BCUT2D eigenvalue weighted by atomic mass is 15.0. The molecule has 3 heterocycles. The summed E-state index contributed by atoms with van der Waals surface area (Å²) >= 11 is 0. The van der Waals surface area contributed by atoms with Crippen LogP contribution in [0.1, 0.15) is 11.1 Å². The Labute approximate surface area is 383 Å². The maximum Gasteiger partial charge on any atom is 0.164 e. The monoisotopic (exact) mass is 846 g/mol. The van der Waals surface area contributed by atoms with Gasteiger partial charge in [-0.3, -0.25) is 0 Å². The Morgan fingerprint density at radius 1 is 0.379 bits per heavy atom. The van der Waals surface area contributed by atoms with Crippen LogP contribution in [0, 0.1) is 6.92 Å². The first-order valence-electron chi connectivity index (χ1n) is 22.0. The van der Waals surface area contributed by atoms with Crippen LogP contribution in [-0.2, 0) is 0 Å². The van der Waals surface area contributed by atoms with E-state index in [-0.39, 0.29) is 0 Å². The summed E-state index contributed by atoms with van der Waals surface area (Å²) in [6, 6.07) is 71.2. The van der Waals surface area contributed by atoms with Crippen LogP contribution in [0.3, 0.4) is 0 Å². The van der Waals surface area contributed by atoms with E-state index in [1.807, 2.05) is 91.0 Å². The zero-order valence-corrected chi connectivity index (χ0v) is 36.3. The van der Waals surface area contributed by atoms with Gasteiger partial charge >= 0.3 is 0 Å². The average molecular weight is 847 g/mol. The molecule has 11 rings (SSSR count). The van der Waals surface area contributed by atoms with Crippen molar-refractivity contribution in [3.63, 3.8) is 0 Å². The molecule has 8 aromatic carbocycles. The topological polar surface area (TPSA) is 69.4 Å². The predicted molar refractivity (Wildman–Crippen MR) is 272 cm³/mol. The molecule has 0 atom stereocenters. The Balaban J connectivity index is 1.03. The van der Waals surface area contributed by atoms with E-state index in [1.54, 1.807) is 0 Å². The third-order valence-corrected chi connectivity index (χ3v) is 11.9. The van der Waals surface area contributed by atoms with Gasteiger partial charge in [-0.15, -0.1) is 0 Å². The molecule has 6 heteroatoms. The second-order valence-corrected chi connectivity index (χ2v) is 16.3. The maximum atomic E-state index is 5.34. The predicted octanol–water partition coefficient (Wildman–Crippen LogP) is 14.9. The van der Waals surface area contributed by atoms with Crippen molar-refractivity contribution >= 4 is 27.9 Å². The molecule has 0 saturated heterocycles. The van der Waals surface area contributed by atoms with Crippen molar-refractivity contribution in [1.82, 2.24) is 29.5 Å². The fourth-order valence-electron chi connectivity index (χ4n) is 8.64. The highest BCUT2D eigenvalue weighted by Crippen LogP contribution is 2.38. The van der Waals surface area contributed by atoms with Crippen LogP contribution in [0.4, 0.5) is 0 Å². The van der Waals surface area contributed by atoms with Crippen LogP contribution in [0.5, 0.6) is 0 Å². The van der Waals surface area contributed by atoms with Crippen molar-refractivity contribution in [1.29, 1.82) is 0 Å². The number of allylic oxidation sites excluding steroid dienone is 2. The largest absolute Gasteiger partial charge is 0.309 e. The van der Waals surface area contributed by atoms with Gasteiger partial charge in [-0.25, -0.2) is 24.9 Å². The molecule has 3 aromatic heterocycles. The fraction of sp³-hybridized carbons (Fsp3) is 0.0167. The second kappa shape index (κ2) is 17.4. The molecule has 0 aliphatic carbocycles. The Morgan fingerprint density at radius 3 is 1.47 bits per heavy atom. The van der Waals surface area contributed by atoms with E-state index in [0.717, 1.165) is 83.6 Å². The van der Waals surface area contributed by atoms with Gasteiger partial charge in [0.2, 0.25) is 0 Å². The van der Waals surface area contributed by atoms with E-state index in [9.17, 15) is 0 Å². The molecule has 0 bridgehead atoms. The van der Waals surface area contributed by atoms with Crippen LogP contribution in [0.15, 0.2) is 225 Å². The van der Waals surface area contributed by atoms with Gasteiger partial charge in [0.25, 0.3) is 0 Å². The minimum atomic E-state index is 0.608. The van der Waals surface area contributed by atoms with E-state index >= 15 is 0 Å². The summed E-state index contributed by atoms with van der Waals surface area (Å²) in [5, 5.41) is 2.34. The van der Waals surface area contributed by atoms with Crippen LogP contribution < -0.4 is 0 Å². The summed E-state index contributed by atoms with van der Waals surface area (Å²) in [6.07, 6.45) is 5.93. The van der Waals surface area contributed by atoms with Crippen LogP contribution >= 0.6 is 0 Å². The minimum absolute atomic E-state index is 0.608. The van der Waals surface area contributed by atoms with Crippen molar-refractivity contribution in [3.05, 3.63) is 236 Å². The first kappa shape index (κ1) is 39.9. The SMILES string of the molecule is C=C/C=C\c1cc2c3ccc(-c4nc(-c5ccccc5)cc(-c5cccc(-c6cccc(-c7nc(-c8ccccc8)nc(-c8ccccc8)n7)c6)c5)n4)cc3n(-c3ccccc3)c2cc1C. The molecular weight excluding hydrogens is 805 g/mol. The molecule has 0 fully saturated rings. The van der Waals surface area contributed by atoms with Crippen LogP contribution in [0.25, 0.3) is 113 Å². The molecule has 0 aliphatic rings. The molecule has 0 amide bonds. The molecular formula is C60H42N6. The lowest BCUT2D eigenvalue weighted by molar-refractivity contribution is 1.07. The highest BCUT2D eigenvalue weighted by Gasteiger charge is 2.18. The second-order valence-electron chi connectivity index (χ2n) is 16.3. The lowest BCUT2D eigenvalue weighted by Crippen LogP contribution is -2.00. The van der Waals surface area contributed by atoms with Crippen LogP contribution in [-0.4, -0.2) is 29.5 Å². The lowest BCUT2D eigenvalue weighted by atomic mass is 9.99. The molecule has 0 N–H and O–H groups in total. The van der Waals surface area contributed by atoms with E-state index in [2.05, 4.69) is 152 Å². The quantitative estimate of drug-likeness (QED) is 0.128. The molecule has 6 nitrogen and oxygen atoms in total. The molecule has 0 aliphatic heterocycles. The molecule has 11 aromatic rings. The first-order valence-corrected chi connectivity index (χ1v) is 22.0. The number of aromatic nitrogens is 6. The zero-order valence-electron chi connectivity index (χ0n) is 36.3. The Bertz CT molecular complexity index is 3540. The van der Waals surface area contributed by atoms with Crippen molar-refractivity contribution < 1.29 is 0 Å². The summed E-state index contributed by atoms with van der Waals surface area (Å²) in [5.74, 6) is 2.51. The van der Waals surface area contributed by atoms with Gasteiger partial charge < -0.3 is 4.57 Å². The summed E-state index contributed by atoms with van der Waals surface area (Å²) in [4.78, 5) is 25.5. The molecule has 0 radical (unpaired) electrons. The molecule has 0 spiro atoms. The number of fused-ring (bicyclic) bond motifs is 3. The van der Waals surface area contributed by atoms with E-state index in [1.165, 1.54) is 10.9 Å². The highest BCUT2D eigenvalue weighted by molar-refractivity contribution is 6.11. The standard InChI is InChI=1S/C60H42N6/c1-3-4-19-44-37-52-51-33-32-49(38-56(51)66(55(52)34-40(44)2)50-30-15-8-16-31-50)59-61-53(41-20-9-5-10-21-41)39-54(62-59)47-28-17-26-45(35-47)46-27-18-29-48(36-46)60-64-57(42-22-11-6-12-23-42)63-58(65-60)43-24-13-7-14-25-43/h3-39H,1H2,2H3/b19-4-. The average Bonchev–Trinajstić information content (AvgIpc) is 3.70. The third kappa shape index (κ3) is 7.78. The normalized spacial score (nSPS) is 11.4. The first-order chi connectivity index (χ1) is 32.6. The van der Waals surface area contributed by atoms with Crippen molar-refractivity contribution in [2.45, 2.75) is 6.92 Å². The fourth-order valence-corrected chi connectivity index (χ4v) is 8.64. The molecule has 66 heavy (non-hydrogen) atoms. The third-order valence-electron chi connectivity index (χ3n) is 11.9. The van der Waals surface area contributed by atoms with Gasteiger partial charge in [-0.1, -0.05) is 183 Å². The number of para-hydroxylation sites is 1. The minimum Gasteiger partial charge on any atom is -0.309 e. The van der Waals surface area contributed by atoms with Crippen molar-refractivity contribution in [2.24, 2.45) is 0 Å². The van der Waals surface area contributed by atoms with Gasteiger partial charge in [-0.05, 0) is 77.7 Å². The van der Waals surface area contributed by atoms with Gasteiger partial charge in [-0.2, -0.15) is 0 Å². The maximum absolute atomic E-state index is 5.34. The number of nitrogens with zero attached hydrogens (tertiary/aromatic N) is 6. The number of hydrogen-bond donors (Lipinski definition) is 0. The summed E-state index contributed by atoms with van der Waals surface area (Å²) < 4.78 is 2.35. The summed E-state index contributed by atoms with van der Waals surface area (Å²) in [6.45, 7) is 6.06. The number of hydrogen-bond acceptors (Lipinski definition) is 5. The Morgan fingerprint density at radius 2 is 0.848 bits per heavy atom. The van der Waals surface area contributed by atoms with Crippen LogP contribution in [0.2, 0.25) is 0 Å². The Hall–Kier alpha value is -8.87. The number of rotatable bonds is 10. The molecule has 0 saturated carbocycles. The summed E-state index contributed by atoms with van der Waals surface area (Å²) in [5.41, 5.74) is 15.1. The molecule has 0 unspecified atom stereocenters. The van der Waals surface area contributed by atoms with E-state index < -0.39 is 0 Å². The smallest absolute Gasteiger partial charge is 0.164 e. The zero-order chi connectivity index (χ0) is 44.4. The van der Waals surface area contributed by atoms with Crippen molar-refractivity contribution in [3.8, 4) is 84.9 Å². The molecule has 312 valence electrons. The number of aryl methyl sites for hydroxylation is 1. The van der Waals surface area contributed by atoms with Gasteiger partial charge in [0.05, 0.1) is 22.4 Å². The van der Waals surface area contributed by atoms with Gasteiger partial charge in [0.1, 0.15) is 0 Å². The lowest BCUT2D eigenvalue weighted by Gasteiger charge is -2.12. The van der Waals surface area contributed by atoms with Gasteiger partial charge in [0, 0.05) is 49.8 Å². The van der Waals surface area contributed by atoms with Crippen molar-refractivity contribution in [2.75, 3.05) is 0 Å². The summed E-state index contributed by atoms with van der Waals surface area (Å²) in [7, 11) is 0. The van der Waals surface area contributed by atoms with E-state index in [4.69, 9.17) is 24.9 Å². The van der Waals surface area contributed by atoms with Gasteiger partial charge in [0.15, 0.2) is 23.3 Å².